The number of hydrogen-bond acceptors (Lipinski definition) is 4. The van der Waals surface area contributed by atoms with Crippen molar-refractivity contribution < 1.29 is 14.3 Å². The molecular formula is C27H26N4O3. The zero-order valence-corrected chi connectivity index (χ0v) is 18.9. The molecule has 0 spiro atoms. The summed E-state index contributed by atoms with van der Waals surface area (Å²) in [5.74, 6) is -0.817. The molecule has 172 valence electrons. The molecule has 7 heteroatoms. The summed E-state index contributed by atoms with van der Waals surface area (Å²) >= 11 is 0. The van der Waals surface area contributed by atoms with Gasteiger partial charge in [0.1, 0.15) is 0 Å². The summed E-state index contributed by atoms with van der Waals surface area (Å²) in [5.41, 5.74) is 4.08. The number of benzene rings is 2. The molecular weight excluding hydrogens is 428 g/mol. The highest BCUT2D eigenvalue weighted by Crippen LogP contribution is 2.44. The van der Waals surface area contributed by atoms with Crippen molar-refractivity contribution in [1.82, 2.24) is 20.2 Å². The molecule has 0 saturated carbocycles. The Morgan fingerprint density at radius 3 is 2.74 bits per heavy atom. The van der Waals surface area contributed by atoms with Gasteiger partial charge >= 0.3 is 0 Å². The van der Waals surface area contributed by atoms with E-state index in [0.29, 0.717) is 25.3 Å². The third kappa shape index (κ3) is 3.95. The zero-order chi connectivity index (χ0) is 23.5. The number of nitrogens with zero attached hydrogens (tertiary/aromatic N) is 2. The summed E-state index contributed by atoms with van der Waals surface area (Å²) in [6, 6.07) is 18.6. The maximum atomic E-state index is 13.8. The van der Waals surface area contributed by atoms with Crippen LogP contribution in [0, 0.1) is 0 Å². The Kier molecular flexibility index (Phi) is 6.10. The van der Waals surface area contributed by atoms with E-state index < -0.39 is 12.0 Å². The largest absolute Gasteiger partial charge is 0.383 e. The number of para-hydroxylation sites is 1. The lowest BCUT2D eigenvalue weighted by atomic mass is 9.79. The van der Waals surface area contributed by atoms with E-state index in [2.05, 4.69) is 15.3 Å². The van der Waals surface area contributed by atoms with Crippen molar-refractivity contribution in [2.75, 3.05) is 20.3 Å². The van der Waals surface area contributed by atoms with E-state index in [1.54, 1.807) is 30.5 Å². The lowest BCUT2D eigenvalue weighted by Crippen LogP contribution is -2.48. The number of aromatic nitrogens is 2. The second-order valence-electron chi connectivity index (χ2n) is 8.37. The molecule has 2 atom stereocenters. The Balaban J connectivity index is 1.61. The van der Waals surface area contributed by atoms with Crippen LogP contribution in [0.5, 0.6) is 0 Å². The van der Waals surface area contributed by atoms with E-state index in [4.69, 9.17) is 4.74 Å². The standard InChI is InChI=1S/C27H26N4O3/c1-34-14-13-31-25(22-17-29-23-11-5-4-8-19(22)23)24(20-9-2-3-10-21(20)27(31)33)26(32)30-16-18-7-6-12-28-15-18/h2-12,15,17,24-25,29H,13-14,16H2,1H3,(H,30,32). The van der Waals surface area contributed by atoms with Crippen molar-refractivity contribution in [2.45, 2.75) is 18.5 Å². The number of pyridine rings is 1. The van der Waals surface area contributed by atoms with Crippen LogP contribution in [-0.2, 0) is 16.1 Å². The van der Waals surface area contributed by atoms with Gasteiger partial charge in [-0.2, -0.15) is 0 Å². The fraction of sp³-hybridized carbons (Fsp3) is 0.222. The molecule has 2 N–H and O–H groups in total. The summed E-state index contributed by atoms with van der Waals surface area (Å²) < 4.78 is 5.33. The molecule has 1 aliphatic heterocycles. The number of carbonyl (C=O) groups is 2. The number of hydrogen-bond donors (Lipinski definition) is 2. The highest BCUT2D eigenvalue weighted by Gasteiger charge is 2.44. The maximum absolute atomic E-state index is 13.8. The minimum Gasteiger partial charge on any atom is -0.383 e. The number of aromatic amines is 1. The Morgan fingerprint density at radius 2 is 1.91 bits per heavy atom. The molecule has 2 unspecified atom stereocenters. The molecule has 2 amide bonds. The third-order valence-electron chi connectivity index (χ3n) is 6.39. The molecule has 0 bridgehead atoms. The van der Waals surface area contributed by atoms with Gasteiger partial charge in [-0.3, -0.25) is 14.6 Å². The van der Waals surface area contributed by atoms with Gasteiger partial charge in [-0.05, 0) is 29.3 Å². The summed E-state index contributed by atoms with van der Waals surface area (Å²) in [7, 11) is 1.61. The molecule has 1 aliphatic rings. The van der Waals surface area contributed by atoms with Gasteiger partial charge in [-0.15, -0.1) is 0 Å². The average Bonchev–Trinajstić information content (AvgIpc) is 3.31. The quantitative estimate of drug-likeness (QED) is 0.445. The number of rotatable bonds is 7. The lowest BCUT2D eigenvalue weighted by molar-refractivity contribution is -0.124. The smallest absolute Gasteiger partial charge is 0.254 e. The van der Waals surface area contributed by atoms with Crippen molar-refractivity contribution in [3.05, 3.63) is 102 Å². The van der Waals surface area contributed by atoms with Crippen LogP contribution in [0.25, 0.3) is 10.9 Å². The van der Waals surface area contributed by atoms with Crippen molar-refractivity contribution in [1.29, 1.82) is 0 Å². The molecule has 5 rings (SSSR count). The molecule has 0 aliphatic carbocycles. The molecule has 2 aromatic carbocycles. The Bertz CT molecular complexity index is 1320. The topological polar surface area (TPSA) is 87.3 Å². The van der Waals surface area contributed by atoms with E-state index in [0.717, 1.165) is 27.6 Å². The fourth-order valence-electron chi connectivity index (χ4n) is 4.80. The number of ether oxygens (including phenoxy) is 1. The van der Waals surface area contributed by atoms with Gasteiger partial charge in [0.15, 0.2) is 0 Å². The van der Waals surface area contributed by atoms with Gasteiger partial charge < -0.3 is 19.9 Å². The minimum atomic E-state index is -0.582. The van der Waals surface area contributed by atoms with Gasteiger partial charge in [0.25, 0.3) is 5.91 Å². The summed E-state index contributed by atoms with van der Waals surface area (Å²) in [5, 5.41) is 4.08. The van der Waals surface area contributed by atoms with Gasteiger partial charge in [0.2, 0.25) is 5.91 Å². The van der Waals surface area contributed by atoms with Crippen LogP contribution >= 0.6 is 0 Å². The van der Waals surface area contributed by atoms with Gasteiger partial charge in [0, 0.05) is 60.8 Å². The molecule has 0 fully saturated rings. The second kappa shape index (κ2) is 9.49. The van der Waals surface area contributed by atoms with E-state index in [-0.39, 0.29) is 11.8 Å². The number of amides is 2. The molecule has 34 heavy (non-hydrogen) atoms. The molecule has 3 heterocycles. The summed E-state index contributed by atoms with van der Waals surface area (Å²) in [4.78, 5) is 36.6. The third-order valence-corrected chi connectivity index (χ3v) is 6.39. The molecule has 0 radical (unpaired) electrons. The number of H-pyrrole nitrogens is 1. The van der Waals surface area contributed by atoms with Crippen LogP contribution in [0.4, 0.5) is 0 Å². The van der Waals surface area contributed by atoms with E-state index in [1.165, 1.54) is 0 Å². The van der Waals surface area contributed by atoms with E-state index >= 15 is 0 Å². The predicted octanol–water partition coefficient (Wildman–Crippen LogP) is 3.81. The van der Waals surface area contributed by atoms with Crippen molar-refractivity contribution in [3.63, 3.8) is 0 Å². The minimum absolute atomic E-state index is 0.0979. The summed E-state index contributed by atoms with van der Waals surface area (Å²) in [6.45, 7) is 1.11. The average molecular weight is 455 g/mol. The number of carbonyl (C=O) groups excluding carboxylic acids is 2. The highest BCUT2D eigenvalue weighted by atomic mass is 16.5. The Labute approximate surface area is 197 Å². The highest BCUT2D eigenvalue weighted by molar-refractivity contribution is 6.02. The van der Waals surface area contributed by atoms with Crippen LogP contribution in [0.2, 0.25) is 0 Å². The monoisotopic (exact) mass is 454 g/mol. The first kappa shape index (κ1) is 21.9. The Morgan fingerprint density at radius 1 is 1.09 bits per heavy atom. The molecule has 2 aromatic heterocycles. The van der Waals surface area contributed by atoms with Crippen LogP contribution in [0.1, 0.15) is 39.0 Å². The van der Waals surface area contributed by atoms with E-state index in [1.807, 2.05) is 60.8 Å². The predicted molar refractivity (Wildman–Crippen MR) is 129 cm³/mol. The van der Waals surface area contributed by atoms with Gasteiger partial charge in [-0.1, -0.05) is 42.5 Å². The van der Waals surface area contributed by atoms with Crippen molar-refractivity contribution >= 4 is 22.7 Å². The first-order chi connectivity index (χ1) is 16.7. The first-order valence-corrected chi connectivity index (χ1v) is 11.3. The van der Waals surface area contributed by atoms with Gasteiger partial charge in [-0.25, -0.2) is 0 Å². The molecule has 7 nitrogen and oxygen atoms in total. The van der Waals surface area contributed by atoms with Crippen LogP contribution in [-0.4, -0.2) is 46.9 Å². The fourth-order valence-corrected chi connectivity index (χ4v) is 4.80. The van der Waals surface area contributed by atoms with Crippen LogP contribution < -0.4 is 5.32 Å². The van der Waals surface area contributed by atoms with Crippen LogP contribution in [0.15, 0.2) is 79.3 Å². The van der Waals surface area contributed by atoms with Crippen molar-refractivity contribution in [2.24, 2.45) is 0 Å². The number of methoxy groups -OCH3 is 1. The number of fused-ring (bicyclic) bond motifs is 2. The van der Waals surface area contributed by atoms with E-state index in [9.17, 15) is 9.59 Å². The zero-order valence-electron chi connectivity index (χ0n) is 18.9. The number of nitrogens with one attached hydrogen (secondary N) is 2. The lowest BCUT2D eigenvalue weighted by Gasteiger charge is -2.41. The maximum Gasteiger partial charge on any atom is 0.254 e. The van der Waals surface area contributed by atoms with Crippen LogP contribution in [0.3, 0.4) is 0 Å². The summed E-state index contributed by atoms with van der Waals surface area (Å²) in [6.07, 6.45) is 5.35. The molecule has 0 saturated heterocycles. The van der Waals surface area contributed by atoms with Gasteiger partial charge in [0.05, 0.1) is 18.6 Å². The first-order valence-electron chi connectivity index (χ1n) is 11.3. The van der Waals surface area contributed by atoms with Crippen molar-refractivity contribution in [3.8, 4) is 0 Å². The molecule has 4 aromatic rings. The second-order valence-corrected chi connectivity index (χ2v) is 8.37. The Hall–Kier alpha value is -3.97. The SMILES string of the molecule is COCCN1C(=O)c2ccccc2C(C(=O)NCc2cccnc2)C1c1c[nH]c2ccccc12. The normalized spacial score (nSPS) is 17.6.